The Hall–Kier alpha value is -2.72. The molecule has 6 nitrogen and oxygen atoms in total. The summed E-state index contributed by atoms with van der Waals surface area (Å²) in [6.45, 7) is 21.2. The summed E-state index contributed by atoms with van der Waals surface area (Å²) >= 11 is 0. The largest absolute Gasteiger partial charge is 0.543 e. The van der Waals surface area contributed by atoms with Crippen molar-refractivity contribution in [1.29, 1.82) is 0 Å². The second kappa shape index (κ2) is 10.3. The van der Waals surface area contributed by atoms with Crippen molar-refractivity contribution in [2.24, 2.45) is 0 Å². The van der Waals surface area contributed by atoms with Gasteiger partial charge in [0.15, 0.2) is 11.5 Å². The maximum Gasteiger partial charge on any atom is 0.250 e. The van der Waals surface area contributed by atoms with Crippen LogP contribution < -0.4 is 13.6 Å². The normalized spacial score (nSPS) is 13.1. The highest BCUT2D eigenvalue weighted by atomic mass is 28.4. The first-order valence-electron chi connectivity index (χ1n) is 12.1. The zero-order chi connectivity index (χ0) is 27.7. The van der Waals surface area contributed by atoms with Crippen LogP contribution in [0.3, 0.4) is 0 Å². The second-order valence-electron chi connectivity index (χ2n) is 12.2. The van der Waals surface area contributed by atoms with E-state index in [2.05, 4.69) is 67.7 Å². The van der Waals surface area contributed by atoms with Gasteiger partial charge in [0, 0.05) is 12.1 Å². The first-order chi connectivity index (χ1) is 16.3. The van der Waals surface area contributed by atoms with E-state index < -0.39 is 22.4 Å². The van der Waals surface area contributed by atoms with E-state index in [0.29, 0.717) is 17.2 Å². The Labute approximate surface area is 218 Å². The highest BCUT2D eigenvalue weighted by molar-refractivity contribution is 6.75. The van der Waals surface area contributed by atoms with Crippen LogP contribution >= 0.6 is 0 Å². The summed E-state index contributed by atoms with van der Waals surface area (Å²) in [4.78, 5) is 12.9. The molecule has 0 bridgehead atoms. The van der Waals surface area contributed by atoms with Crippen molar-refractivity contribution >= 4 is 28.5 Å². The Morgan fingerprint density at radius 1 is 0.806 bits per heavy atom. The molecule has 198 valence electrons. The van der Waals surface area contributed by atoms with Gasteiger partial charge in [0.1, 0.15) is 28.6 Å². The SMILES string of the molecule is COc1ccc(/C=C/C(=O)c2c(O)cc(O[Si](C)(C)C(C)(C)C)cc2O)cc1O[Si](C)(C)C(C)(C)C. The van der Waals surface area contributed by atoms with Gasteiger partial charge in [-0.05, 0) is 60.0 Å². The number of allylic oxidation sites excluding steroid dienone is 1. The Morgan fingerprint density at radius 2 is 1.31 bits per heavy atom. The molecule has 2 rings (SSSR count). The van der Waals surface area contributed by atoms with Crippen molar-refractivity contribution < 1.29 is 28.6 Å². The number of aromatic hydroxyl groups is 2. The van der Waals surface area contributed by atoms with Crippen molar-refractivity contribution in [2.75, 3.05) is 7.11 Å². The van der Waals surface area contributed by atoms with E-state index in [1.165, 1.54) is 18.2 Å². The fraction of sp³-hybridized carbons (Fsp3) is 0.464. The number of rotatable bonds is 8. The van der Waals surface area contributed by atoms with E-state index in [1.54, 1.807) is 19.3 Å². The second-order valence-corrected chi connectivity index (χ2v) is 21.6. The number of hydrogen-bond acceptors (Lipinski definition) is 6. The van der Waals surface area contributed by atoms with Crippen molar-refractivity contribution in [3.05, 3.63) is 47.5 Å². The molecule has 0 aliphatic carbocycles. The molecule has 0 atom stereocenters. The number of benzene rings is 2. The Bertz CT molecular complexity index is 1110. The molecule has 0 aliphatic rings. The summed E-state index contributed by atoms with van der Waals surface area (Å²) in [6, 6.07) is 8.23. The minimum Gasteiger partial charge on any atom is -0.543 e. The van der Waals surface area contributed by atoms with E-state index in [0.717, 1.165) is 5.56 Å². The number of carbonyl (C=O) groups excluding carboxylic acids is 1. The molecule has 0 unspecified atom stereocenters. The molecule has 0 fully saturated rings. The predicted molar refractivity (Wildman–Crippen MR) is 152 cm³/mol. The van der Waals surface area contributed by atoms with Crippen LogP contribution in [0.15, 0.2) is 36.4 Å². The average molecular weight is 531 g/mol. The lowest BCUT2D eigenvalue weighted by molar-refractivity contribution is 0.104. The predicted octanol–water partition coefficient (Wildman–Crippen LogP) is 7.77. The number of methoxy groups -OCH3 is 1. The molecule has 0 saturated heterocycles. The Balaban J connectivity index is 2.32. The van der Waals surface area contributed by atoms with Crippen LogP contribution in [0.2, 0.25) is 36.3 Å². The van der Waals surface area contributed by atoms with Crippen LogP contribution in [0.1, 0.15) is 57.5 Å². The summed E-state index contributed by atoms with van der Waals surface area (Å²) in [5.74, 6) is 0.420. The maximum atomic E-state index is 12.9. The van der Waals surface area contributed by atoms with Crippen LogP contribution in [-0.2, 0) is 0 Å². The van der Waals surface area contributed by atoms with E-state index in [9.17, 15) is 15.0 Å². The summed E-state index contributed by atoms with van der Waals surface area (Å²) in [6.07, 6.45) is 2.94. The number of phenolic OH excluding ortho intramolecular Hbond substituents is 2. The van der Waals surface area contributed by atoms with E-state index in [4.69, 9.17) is 13.6 Å². The molecular weight excluding hydrogens is 488 g/mol. The van der Waals surface area contributed by atoms with Gasteiger partial charge < -0.3 is 23.8 Å². The fourth-order valence-corrected chi connectivity index (χ4v) is 4.93. The monoisotopic (exact) mass is 530 g/mol. The van der Waals surface area contributed by atoms with Crippen LogP contribution in [0.25, 0.3) is 6.08 Å². The summed E-state index contributed by atoms with van der Waals surface area (Å²) in [5.41, 5.74) is 0.565. The first kappa shape index (κ1) is 29.5. The molecule has 36 heavy (non-hydrogen) atoms. The molecule has 0 saturated carbocycles. The van der Waals surface area contributed by atoms with Crippen molar-refractivity contribution in [2.45, 2.75) is 77.8 Å². The molecule has 0 aliphatic heterocycles. The maximum absolute atomic E-state index is 12.9. The molecule has 2 aromatic rings. The van der Waals surface area contributed by atoms with Gasteiger partial charge in [-0.15, -0.1) is 0 Å². The van der Waals surface area contributed by atoms with Gasteiger partial charge in [0.05, 0.1) is 7.11 Å². The number of carbonyl (C=O) groups is 1. The molecule has 2 aromatic carbocycles. The molecule has 8 heteroatoms. The van der Waals surface area contributed by atoms with Gasteiger partial charge >= 0.3 is 0 Å². The molecule has 0 aromatic heterocycles. The number of hydrogen-bond donors (Lipinski definition) is 2. The minimum atomic E-state index is -2.18. The van der Waals surface area contributed by atoms with Crippen molar-refractivity contribution in [3.63, 3.8) is 0 Å². The van der Waals surface area contributed by atoms with Crippen LogP contribution in [-0.4, -0.2) is 39.7 Å². The van der Waals surface area contributed by atoms with E-state index in [1.807, 2.05) is 12.1 Å². The van der Waals surface area contributed by atoms with Gasteiger partial charge in [-0.1, -0.05) is 53.7 Å². The lowest BCUT2D eigenvalue weighted by atomic mass is 10.1. The van der Waals surface area contributed by atoms with Gasteiger partial charge in [0.25, 0.3) is 8.32 Å². The van der Waals surface area contributed by atoms with Crippen LogP contribution in [0.4, 0.5) is 0 Å². The topological polar surface area (TPSA) is 85.2 Å². The standard InChI is InChI=1S/C28H42O6Si2/c1-27(2,3)35(8,9)33-20-17-22(30)26(23(31)18-20)21(29)14-12-19-13-15-24(32-7)25(16-19)34-36(10,11)28(4,5)6/h12-18,30-31H,1-11H3/b14-12+. The zero-order valence-corrected chi connectivity index (χ0v) is 25.6. The molecule has 0 heterocycles. The molecule has 0 spiro atoms. The molecular formula is C28H42O6Si2. The molecule has 0 amide bonds. The lowest BCUT2D eigenvalue weighted by Gasteiger charge is -2.36. The van der Waals surface area contributed by atoms with Gasteiger partial charge in [0.2, 0.25) is 8.32 Å². The Morgan fingerprint density at radius 3 is 1.78 bits per heavy atom. The third kappa shape index (κ3) is 6.73. The summed E-state index contributed by atoms with van der Waals surface area (Å²) in [5, 5.41) is 21.0. The summed E-state index contributed by atoms with van der Waals surface area (Å²) < 4.78 is 18.1. The molecule has 0 radical (unpaired) electrons. The van der Waals surface area contributed by atoms with Crippen molar-refractivity contribution in [3.8, 4) is 28.7 Å². The highest BCUT2D eigenvalue weighted by Gasteiger charge is 2.40. The fourth-order valence-electron chi connectivity index (χ4n) is 2.91. The number of phenols is 2. The van der Waals surface area contributed by atoms with Gasteiger partial charge in [-0.25, -0.2) is 0 Å². The number of ether oxygens (including phenoxy) is 1. The Kier molecular flexibility index (Phi) is 8.48. The third-order valence-corrected chi connectivity index (χ3v) is 16.0. The average Bonchev–Trinajstić information content (AvgIpc) is 2.69. The summed E-state index contributed by atoms with van der Waals surface area (Å²) in [7, 11) is -2.69. The third-order valence-electron chi connectivity index (χ3n) is 7.28. The highest BCUT2D eigenvalue weighted by Crippen LogP contribution is 2.42. The lowest BCUT2D eigenvalue weighted by Crippen LogP contribution is -2.43. The molecule has 2 N–H and O–H groups in total. The van der Waals surface area contributed by atoms with Crippen LogP contribution in [0, 0.1) is 0 Å². The number of ketones is 1. The van der Waals surface area contributed by atoms with Crippen molar-refractivity contribution in [1.82, 2.24) is 0 Å². The smallest absolute Gasteiger partial charge is 0.250 e. The minimum absolute atomic E-state index is 0.00926. The van der Waals surface area contributed by atoms with Crippen LogP contribution in [0.5, 0.6) is 28.7 Å². The van der Waals surface area contributed by atoms with Gasteiger partial charge in [-0.2, -0.15) is 0 Å². The quantitative estimate of drug-likeness (QED) is 0.206. The zero-order valence-electron chi connectivity index (χ0n) is 23.6. The van der Waals surface area contributed by atoms with E-state index in [-0.39, 0.29) is 27.1 Å². The van der Waals surface area contributed by atoms with E-state index >= 15 is 0 Å². The first-order valence-corrected chi connectivity index (χ1v) is 18.0. The van der Waals surface area contributed by atoms with Gasteiger partial charge in [-0.3, -0.25) is 4.79 Å².